The van der Waals surface area contributed by atoms with Crippen LogP contribution in [-0.4, -0.2) is 23.2 Å². The highest BCUT2D eigenvalue weighted by Gasteiger charge is 2.34. The monoisotopic (exact) mass is 401 g/mol. The van der Waals surface area contributed by atoms with E-state index in [-0.39, 0.29) is 5.91 Å². The SMILES string of the molecule is COc1ccc(/C=C2\SC(=Nc3ccc(C)cn3)N(c3ccccc3)C2=O)cc1. The standard InChI is InChI=1S/C23H19N3O2S/c1-16-8-13-21(24-15-16)25-23-26(18-6-4-3-5-7-18)22(27)20(29-23)14-17-9-11-19(28-2)12-10-17/h3-15H,1-2H3/b20-14-,25-23?. The Morgan fingerprint density at radius 3 is 2.45 bits per heavy atom. The Morgan fingerprint density at radius 1 is 1.03 bits per heavy atom. The third-order valence-corrected chi connectivity index (χ3v) is 5.31. The zero-order chi connectivity index (χ0) is 20.2. The van der Waals surface area contributed by atoms with Gasteiger partial charge in [-0.05, 0) is 66.2 Å². The fourth-order valence-corrected chi connectivity index (χ4v) is 3.82. The first kappa shape index (κ1) is 19.0. The maximum absolute atomic E-state index is 13.2. The van der Waals surface area contributed by atoms with Crippen LogP contribution in [-0.2, 0) is 4.79 Å². The smallest absolute Gasteiger partial charge is 0.271 e. The van der Waals surface area contributed by atoms with E-state index in [2.05, 4.69) is 9.98 Å². The predicted molar refractivity (Wildman–Crippen MR) is 119 cm³/mol. The van der Waals surface area contributed by atoms with Gasteiger partial charge in [-0.25, -0.2) is 9.98 Å². The second kappa shape index (κ2) is 8.32. The van der Waals surface area contributed by atoms with Gasteiger partial charge < -0.3 is 4.74 Å². The van der Waals surface area contributed by atoms with E-state index in [9.17, 15) is 4.79 Å². The summed E-state index contributed by atoms with van der Waals surface area (Å²) in [5.74, 6) is 1.23. The van der Waals surface area contributed by atoms with Crippen LogP contribution >= 0.6 is 11.8 Å². The molecule has 6 heteroatoms. The van der Waals surface area contributed by atoms with Crippen LogP contribution in [0.25, 0.3) is 6.08 Å². The minimum Gasteiger partial charge on any atom is -0.497 e. The molecule has 2 aromatic carbocycles. The van der Waals surface area contributed by atoms with Crippen molar-refractivity contribution in [2.75, 3.05) is 12.0 Å². The number of carbonyl (C=O) groups is 1. The fraction of sp³-hybridized carbons (Fsp3) is 0.0870. The lowest BCUT2D eigenvalue weighted by Gasteiger charge is -2.15. The number of para-hydroxylation sites is 1. The average molecular weight is 401 g/mol. The number of hydrogen-bond donors (Lipinski definition) is 0. The van der Waals surface area contributed by atoms with Crippen molar-refractivity contribution >= 4 is 40.4 Å². The number of amidine groups is 1. The molecule has 144 valence electrons. The number of aromatic nitrogens is 1. The normalized spacial score (nSPS) is 16.6. The minimum absolute atomic E-state index is 0.108. The second-order valence-electron chi connectivity index (χ2n) is 6.45. The van der Waals surface area contributed by atoms with Crippen molar-refractivity contribution in [1.29, 1.82) is 0 Å². The number of pyridine rings is 1. The first-order chi connectivity index (χ1) is 14.1. The molecule has 1 aliphatic heterocycles. The molecule has 1 aromatic heterocycles. The van der Waals surface area contributed by atoms with Crippen molar-refractivity contribution in [3.05, 3.63) is 89.0 Å². The summed E-state index contributed by atoms with van der Waals surface area (Å²) in [6.07, 6.45) is 3.63. The average Bonchev–Trinajstić information content (AvgIpc) is 3.05. The van der Waals surface area contributed by atoms with E-state index < -0.39 is 0 Å². The van der Waals surface area contributed by atoms with E-state index >= 15 is 0 Å². The van der Waals surface area contributed by atoms with Gasteiger partial charge in [0.2, 0.25) is 0 Å². The molecule has 1 saturated heterocycles. The number of carbonyl (C=O) groups excluding carboxylic acids is 1. The van der Waals surface area contributed by atoms with Crippen molar-refractivity contribution in [2.45, 2.75) is 6.92 Å². The Morgan fingerprint density at radius 2 is 1.79 bits per heavy atom. The van der Waals surface area contributed by atoms with Gasteiger partial charge in [-0.15, -0.1) is 0 Å². The molecule has 0 atom stereocenters. The first-order valence-corrected chi connectivity index (χ1v) is 9.90. The molecule has 3 aromatic rings. The Labute approximate surface area is 173 Å². The van der Waals surface area contributed by atoms with Crippen molar-refractivity contribution in [3.63, 3.8) is 0 Å². The third kappa shape index (κ3) is 4.22. The Kier molecular flexibility index (Phi) is 5.44. The molecule has 2 heterocycles. The molecule has 29 heavy (non-hydrogen) atoms. The number of aryl methyl sites for hydroxylation is 1. The van der Waals surface area contributed by atoms with Crippen molar-refractivity contribution < 1.29 is 9.53 Å². The van der Waals surface area contributed by atoms with Crippen LogP contribution in [0.15, 0.2) is 82.8 Å². The van der Waals surface area contributed by atoms with Crippen LogP contribution in [0, 0.1) is 6.92 Å². The lowest BCUT2D eigenvalue weighted by Crippen LogP contribution is -2.28. The number of aliphatic imine (C=N–C) groups is 1. The van der Waals surface area contributed by atoms with Crippen LogP contribution in [0.2, 0.25) is 0 Å². The maximum Gasteiger partial charge on any atom is 0.271 e. The van der Waals surface area contributed by atoms with Crippen LogP contribution in [0.3, 0.4) is 0 Å². The van der Waals surface area contributed by atoms with Gasteiger partial charge in [0, 0.05) is 6.20 Å². The summed E-state index contributed by atoms with van der Waals surface area (Å²) in [6.45, 7) is 1.98. The molecule has 1 aliphatic rings. The summed E-state index contributed by atoms with van der Waals surface area (Å²) in [6, 6.07) is 20.9. The van der Waals surface area contributed by atoms with Gasteiger partial charge in [-0.1, -0.05) is 36.4 Å². The van der Waals surface area contributed by atoms with E-state index in [1.807, 2.05) is 79.7 Å². The second-order valence-corrected chi connectivity index (χ2v) is 7.46. The summed E-state index contributed by atoms with van der Waals surface area (Å²) in [7, 11) is 1.63. The molecule has 0 radical (unpaired) electrons. The number of ether oxygens (including phenoxy) is 1. The molecule has 0 spiro atoms. The van der Waals surface area contributed by atoms with Gasteiger partial charge in [-0.2, -0.15) is 0 Å². The molecule has 4 rings (SSSR count). The lowest BCUT2D eigenvalue weighted by molar-refractivity contribution is -0.113. The Balaban J connectivity index is 1.73. The number of nitrogens with zero attached hydrogens (tertiary/aromatic N) is 3. The third-order valence-electron chi connectivity index (χ3n) is 4.34. The number of amides is 1. The van der Waals surface area contributed by atoms with Crippen LogP contribution < -0.4 is 9.64 Å². The van der Waals surface area contributed by atoms with Crippen LogP contribution in [0.5, 0.6) is 5.75 Å². The molecule has 1 amide bonds. The summed E-state index contributed by atoms with van der Waals surface area (Å²) < 4.78 is 5.20. The van der Waals surface area contributed by atoms with Gasteiger partial charge in [0.1, 0.15) is 5.75 Å². The summed E-state index contributed by atoms with van der Waals surface area (Å²) in [4.78, 5) is 24.4. The molecular weight excluding hydrogens is 382 g/mol. The number of thioether (sulfide) groups is 1. The fourth-order valence-electron chi connectivity index (χ4n) is 2.83. The quantitative estimate of drug-likeness (QED) is 0.563. The maximum atomic E-state index is 13.2. The highest BCUT2D eigenvalue weighted by molar-refractivity contribution is 8.19. The van der Waals surface area contributed by atoms with Crippen molar-refractivity contribution in [2.24, 2.45) is 4.99 Å². The first-order valence-electron chi connectivity index (χ1n) is 9.08. The Bertz CT molecular complexity index is 1080. The van der Waals surface area contributed by atoms with E-state index in [1.54, 1.807) is 18.2 Å². The lowest BCUT2D eigenvalue weighted by atomic mass is 10.2. The number of benzene rings is 2. The molecule has 5 nitrogen and oxygen atoms in total. The topological polar surface area (TPSA) is 54.8 Å². The van der Waals surface area contributed by atoms with E-state index in [1.165, 1.54) is 11.8 Å². The highest BCUT2D eigenvalue weighted by Crippen LogP contribution is 2.37. The highest BCUT2D eigenvalue weighted by atomic mass is 32.2. The zero-order valence-electron chi connectivity index (χ0n) is 16.1. The number of hydrogen-bond acceptors (Lipinski definition) is 5. The van der Waals surface area contributed by atoms with E-state index in [0.29, 0.717) is 15.9 Å². The number of methoxy groups -OCH3 is 1. The van der Waals surface area contributed by atoms with Gasteiger partial charge in [0.25, 0.3) is 5.91 Å². The molecule has 0 bridgehead atoms. The van der Waals surface area contributed by atoms with Crippen LogP contribution in [0.4, 0.5) is 11.5 Å². The Hall–Kier alpha value is -3.38. The molecule has 0 unspecified atom stereocenters. The van der Waals surface area contributed by atoms with Gasteiger partial charge in [0.05, 0.1) is 17.7 Å². The molecule has 1 fully saturated rings. The summed E-state index contributed by atoms with van der Waals surface area (Å²) >= 11 is 1.34. The van der Waals surface area contributed by atoms with Crippen molar-refractivity contribution in [3.8, 4) is 5.75 Å². The number of anilines is 1. The van der Waals surface area contributed by atoms with E-state index in [0.717, 1.165) is 22.6 Å². The number of rotatable bonds is 4. The molecule has 0 saturated carbocycles. The minimum atomic E-state index is -0.108. The van der Waals surface area contributed by atoms with Crippen LogP contribution in [0.1, 0.15) is 11.1 Å². The molecular formula is C23H19N3O2S. The van der Waals surface area contributed by atoms with E-state index in [4.69, 9.17) is 4.74 Å². The van der Waals surface area contributed by atoms with Gasteiger partial charge in [0.15, 0.2) is 11.0 Å². The van der Waals surface area contributed by atoms with Crippen molar-refractivity contribution in [1.82, 2.24) is 4.98 Å². The zero-order valence-corrected chi connectivity index (χ0v) is 16.9. The van der Waals surface area contributed by atoms with Gasteiger partial charge >= 0.3 is 0 Å². The summed E-state index contributed by atoms with van der Waals surface area (Å²) in [5.41, 5.74) is 2.75. The molecule has 0 aliphatic carbocycles. The van der Waals surface area contributed by atoms with Gasteiger partial charge in [-0.3, -0.25) is 9.69 Å². The predicted octanol–water partition coefficient (Wildman–Crippen LogP) is 5.21. The molecule has 0 N–H and O–H groups in total. The largest absolute Gasteiger partial charge is 0.497 e. The summed E-state index contributed by atoms with van der Waals surface area (Å²) in [5, 5.41) is 0.581.